The van der Waals surface area contributed by atoms with Gasteiger partial charge in [-0.1, -0.05) is 30.6 Å². The highest BCUT2D eigenvalue weighted by molar-refractivity contribution is 8.01. The smallest absolute Gasteiger partial charge is 0.324 e. The van der Waals surface area contributed by atoms with Crippen molar-refractivity contribution < 1.29 is 19.4 Å². The lowest BCUT2D eigenvalue weighted by Crippen LogP contribution is -2.51. The van der Waals surface area contributed by atoms with Gasteiger partial charge in [-0.3, -0.25) is 10.1 Å². The van der Waals surface area contributed by atoms with Gasteiger partial charge in [0.1, 0.15) is 0 Å². The van der Waals surface area contributed by atoms with E-state index in [9.17, 15) is 9.59 Å². The number of hydrogen-bond donors (Lipinski definition) is 2. The summed E-state index contributed by atoms with van der Waals surface area (Å²) in [6.45, 7) is 6.30. The average Bonchev–Trinajstić information content (AvgIpc) is 3.16. The lowest BCUT2D eigenvalue weighted by atomic mass is 9.87. The minimum Gasteiger partial charge on any atom is -0.481 e. The maximum atomic E-state index is 13.4. The van der Waals surface area contributed by atoms with Crippen LogP contribution in [0, 0.1) is 0 Å². The fourth-order valence-electron chi connectivity index (χ4n) is 4.71. The number of anilines is 1. The van der Waals surface area contributed by atoms with Gasteiger partial charge in [-0.05, 0) is 59.3 Å². The van der Waals surface area contributed by atoms with Crippen molar-refractivity contribution in [3.05, 3.63) is 6.20 Å². The number of amides is 2. The number of hydrogen-bond acceptors (Lipinski definition) is 6. The van der Waals surface area contributed by atoms with Crippen molar-refractivity contribution in [3.8, 4) is 0 Å². The maximum absolute atomic E-state index is 13.4. The molecule has 7 nitrogen and oxygen atoms in total. The molecule has 1 heterocycles. The van der Waals surface area contributed by atoms with Crippen molar-refractivity contribution in [2.45, 2.75) is 113 Å². The van der Waals surface area contributed by atoms with Crippen LogP contribution >= 0.6 is 23.1 Å². The van der Waals surface area contributed by atoms with E-state index in [-0.39, 0.29) is 30.2 Å². The van der Waals surface area contributed by atoms with Crippen molar-refractivity contribution in [2.75, 3.05) is 11.1 Å². The molecule has 9 heteroatoms. The minimum atomic E-state index is -0.804. The highest BCUT2D eigenvalue weighted by atomic mass is 32.2. The molecule has 2 N–H and O–H groups in total. The lowest BCUT2D eigenvalue weighted by molar-refractivity contribution is -0.136. The van der Waals surface area contributed by atoms with E-state index in [1.807, 2.05) is 0 Å². The summed E-state index contributed by atoms with van der Waals surface area (Å²) in [4.78, 5) is 30.6. The van der Waals surface area contributed by atoms with Gasteiger partial charge in [-0.25, -0.2) is 9.78 Å². The Morgan fingerprint density at radius 2 is 1.81 bits per heavy atom. The third kappa shape index (κ3) is 7.92. The van der Waals surface area contributed by atoms with E-state index in [0.717, 1.165) is 42.7 Å². The van der Waals surface area contributed by atoms with Crippen LogP contribution in [0.15, 0.2) is 10.4 Å². The number of carboxylic acid groups (broad SMARTS) is 1. The number of nitrogens with zero attached hydrogens (tertiary/aromatic N) is 2. The van der Waals surface area contributed by atoms with Gasteiger partial charge in [0.15, 0.2) is 5.13 Å². The topological polar surface area (TPSA) is 91.8 Å². The van der Waals surface area contributed by atoms with Crippen LogP contribution in [0.3, 0.4) is 0 Å². The summed E-state index contributed by atoms with van der Waals surface area (Å²) in [6, 6.07) is 0.481. The van der Waals surface area contributed by atoms with E-state index in [0.29, 0.717) is 16.9 Å². The largest absolute Gasteiger partial charge is 0.481 e. The second kappa shape index (κ2) is 11.7. The molecule has 1 aromatic rings. The van der Waals surface area contributed by atoms with Crippen LogP contribution in [0.5, 0.6) is 0 Å². The lowest BCUT2D eigenvalue weighted by Gasteiger charge is -2.43. The van der Waals surface area contributed by atoms with Gasteiger partial charge in [0.05, 0.1) is 28.5 Å². The summed E-state index contributed by atoms with van der Waals surface area (Å²) in [7, 11) is 0. The van der Waals surface area contributed by atoms with E-state index >= 15 is 0 Å². The Hall–Kier alpha value is -1.32. The summed E-state index contributed by atoms with van der Waals surface area (Å²) < 4.78 is 7.11. The van der Waals surface area contributed by atoms with Crippen molar-refractivity contribution >= 4 is 40.2 Å². The maximum Gasteiger partial charge on any atom is 0.324 e. The normalized spacial score (nSPS) is 22.5. The van der Waals surface area contributed by atoms with Gasteiger partial charge in [-0.2, -0.15) is 0 Å². The van der Waals surface area contributed by atoms with Crippen LogP contribution in [0.2, 0.25) is 0 Å². The number of rotatable bonds is 8. The number of carboxylic acids is 1. The van der Waals surface area contributed by atoms with Crippen LogP contribution in [0.4, 0.5) is 9.93 Å². The molecule has 2 aliphatic carbocycles. The molecule has 2 aliphatic rings. The summed E-state index contributed by atoms with van der Waals surface area (Å²) in [5, 5.41) is 12.4. The van der Waals surface area contributed by atoms with Gasteiger partial charge in [0, 0.05) is 17.8 Å². The predicted molar refractivity (Wildman–Crippen MR) is 130 cm³/mol. The van der Waals surface area contributed by atoms with Crippen LogP contribution in [0.25, 0.3) is 0 Å². The number of carbonyl (C=O) groups is 2. The molecule has 0 aromatic carbocycles. The monoisotopic (exact) mass is 483 g/mol. The van der Waals surface area contributed by atoms with Crippen molar-refractivity contribution in [2.24, 2.45) is 0 Å². The van der Waals surface area contributed by atoms with Crippen LogP contribution < -0.4 is 5.32 Å². The van der Waals surface area contributed by atoms with E-state index < -0.39 is 5.97 Å². The summed E-state index contributed by atoms with van der Waals surface area (Å²) >= 11 is 2.87. The molecule has 32 heavy (non-hydrogen) atoms. The summed E-state index contributed by atoms with van der Waals surface area (Å²) in [5.74, 6) is -0.305. The number of aliphatic carboxylic acids is 1. The molecule has 3 rings (SSSR count). The first-order chi connectivity index (χ1) is 15.2. The molecule has 0 spiro atoms. The Bertz CT molecular complexity index is 751. The Morgan fingerprint density at radius 3 is 2.44 bits per heavy atom. The standard InChI is InChI=1S/C23H37N3O4S2/c1-23(2,3)30-18-11-9-17(10-12-18)26(16-7-5-4-6-8-16)22(29)25-21-24-15-20(32-21)31-14-13-19(27)28/h15-18H,4-14H2,1-3H3,(H,27,28)(H,24,25,29). The SMILES string of the molecule is CC(C)(C)OC1CCC(N(C(=O)Nc2ncc(SCCC(=O)O)s2)C2CCCCC2)CC1. The third-order valence-electron chi connectivity index (χ3n) is 6.02. The second-order valence-electron chi connectivity index (χ2n) is 9.77. The highest BCUT2D eigenvalue weighted by Gasteiger charge is 2.35. The molecule has 0 atom stereocenters. The third-order valence-corrected chi connectivity index (χ3v) is 8.13. The Labute approximate surface area is 199 Å². The number of aromatic nitrogens is 1. The molecule has 1 aromatic heterocycles. The number of ether oxygens (including phenoxy) is 1. The highest BCUT2D eigenvalue weighted by Crippen LogP contribution is 2.34. The van der Waals surface area contributed by atoms with Gasteiger partial charge in [-0.15, -0.1) is 11.8 Å². The molecule has 0 radical (unpaired) electrons. The van der Waals surface area contributed by atoms with Crippen LogP contribution in [-0.4, -0.2) is 56.5 Å². The van der Waals surface area contributed by atoms with E-state index in [1.54, 1.807) is 6.20 Å². The fourth-order valence-corrected chi connectivity index (χ4v) is 6.58. The molecule has 0 unspecified atom stereocenters. The first kappa shape index (κ1) is 25.3. The predicted octanol–water partition coefficient (Wildman–Crippen LogP) is 6.00. The molecular formula is C23H37N3O4S2. The number of thiazole rings is 1. The molecule has 0 bridgehead atoms. The summed E-state index contributed by atoms with van der Waals surface area (Å²) in [5.41, 5.74) is -0.136. The minimum absolute atomic E-state index is 0.0477. The fraction of sp³-hybridized carbons (Fsp3) is 0.783. The van der Waals surface area contributed by atoms with Crippen molar-refractivity contribution in [1.29, 1.82) is 0 Å². The quantitative estimate of drug-likeness (QED) is 0.440. The van der Waals surface area contributed by atoms with E-state index in [1.165, 1.54) is 42.4 Å². The van der Waals surface area contributed by atoms with Gasteiger partial charge < -0.3 is 14.7 Å². The Kier molecular flexibility index (Phi) is 9.25. The van der Waals surface area contributed by atoms with Crippen molar-refractivity contribution in [3.63, 3.8) is 0 Å². The Morgan fingerprint density at radius 1 is 1.16 bits per heavy atom. The second-order valence-corrected chi connectivity index (χ2v) is 12.2. The first-order valence-corrected chi connectivity index (χ1v) is 13.6. The molecule has 180 valence electrons. The molecule has 2 amide bonds. The number of thioether (sulfide) groups is 1. The van der Waals surface area contributed by atoms with Crippen LogP contribution in [-0.2, 0) is 9.53 Å². The summed E-state index contributed by atoms with van der Waals surface area (Å²) in [6.07, 6.45) is 11.8. The van der Waals surface area contributed by atoms with Gasteiger partial charge in [0.2, 0.25) is 0 Å². The first-order valence-electron chi connectivity index (χ1n) is 11.8. The zero-order valence-electron chi connectivity index (χ0n) is 19.5. The molecule has 0 aliphatic heterocycles. The van der Waals surface area contributed by atoms with Crippen molar-refractivity contribution in [1.82, 2.24) is 9.88 Å². The molecule has 0 saturated heterocycles. The zero-order chi connectivity index (χ0) is 23.1. The molecular weight excluding hydrogens is 446 g/mol. The molecule has 2 fully saturated rings. The number of nitrogens with one attached hydrogen (secondary N) is 1. The Balaban J connectivity index is 1.61. The van der Waals surface area contributed by atoms with E-state index in [2.05, 4.69) is 36.0 Å². The molecule has 2 saturated carbocycles. The van der Waals surface area contributed by atoms with Gasteiger partial charge >= 0.3 is 12.0 Å². The zero-order valence-corrected chi connectivity index (χ0v) is 21.1. The number of urea groups is 1. The van der Waals surface area contributed by atoms with Crippen LogP contribution in [0.1, 0.15) is 85.0 Å². The average molecular weight is 484 g/mol. The van der Waals surface area contributed by atoms with E-state index in [4.69, 9.17) is 9.84 Å². The number of carbonyl (C=O) groups excluding carboxylic acids is 1. The van der Waals surface area contributed by atoms with Gasteiger partial charge in [0.25, 0.3) is 0 Å².